The molecular formula is C9H20O3S. The van der Waals surface area contributed by atoms with Crippen molar-refractivity contribution >= 4 is 10.1 Å². The Morgan fingerprint density at radius 1 is 1.23 bits per heavy atom. The molecule has 0 heterocycles. The summed E-state index contributed by atoms with van der Waals surface area (Å²) in [5.41, 5.74) is 0. The van der Waals surface area contributed by atoms with Gasteiger partial charge in [0.1, 0.15) is 0 Å². The molecule has 13 heavy (non-hydrogen) atoms. The molecule has 1 atom stereocenters. The Morgan fingerprint density at radius 3 is 2.15 bits per heavy atom. The van der Waals surface area contributed by atoms with Crippen LogP contribution in [-0.4, -0.2) is 18.7 Å². The third-order valence-corrected chi connectivity index (χ3v) is 2.78. The minimum atomic E-state index is -3.75. The lowest BCUT2D eigenvalue weighted by Crippen LogP contribution is -2.07. The number of rotatable bonds is 6. The highest BCUT2D eigenvalue weighted by molar-refractivity contribution is 7.85. The third kappa shape index (κ3) is 9.83. The van der Waals surface area contributed by atoms with Crippen LogP contribution in [0, 0.1) is 11.8 Å². The van der Waals surface area contributed by atoms with Crippen molar-refractivity contribution in [3.8, 4) is 0 Å². The molecule has 0 amide bonds. The highest BCUT2D eigenvalue weighted by Gasteiger charge is 2.08. The predicted molar refractivity (Wildman–Crippen MR) is 54.3 cm³/mol. The zero-order valence-corrected chi connectivity index (χ0v) is 9.47. The minimum Gasteiger partial charge on any atom is -0.286 e. The van der Waals surface area contributed by atoms with Crippen LogP contribution in [0.25, 0.3) is 0 Å². The third-order valence-electron chi connectivity index (χ3n) is 1.97. The van der Waals surface area contributed by atoms with Crippen molar-refractivity contribution < 1.29 is 13.0 Å². The fourth-order valence-electron chi connectivity index (χ4n) is 1.54. The molecule has 80 valence electrons. The first-order valence-corrected chi connectivity index (χ1v) is 6.37. The van der Waals surface area contributed by atoms with Crippen LogP contribution in [-0.2, 0) is 10.1 Å². The molecule has 0 rings (SSSR count). The summed E-state index contributed by atoms with van der Waals surface area (Å²) in [6, 6.07) is 0. The van der Waals surface area contributed by atoms with Crippen molar-refractivity contribution in [2.75, 3.05) is 5.75 Å². The first kappa shape index (κ1) is 12.9. The van der Waals surface area contributed by atoms with Gasteiger partial charge in [-0.1, -0.05) is 20.8 Å². The molecule has 0 aromatic carbocycles. The van der Waals surface area contributed by atoms with Gasteiger partial charge in [0, 0.05) is 0 Å². The smallest absolute Gasteiger partial charge is 0.264 e. The highest BCUT2D eigenvalue weighted by Crippen LogP contribution is 2.16. The van der Waals surface area contributed by atoms with Gasteiger partial charge in [0.2, 0.25) is 0 Å². The molecule has 0 aliphatic rings. The van der Waals surface area contributed by atoms with Crippen LogP contribution in [0.15, 0.2) is 0 Å². The zero-order valence-electron chi connectivity index (χ0n) is 8.66. The number of hydrogen-bond donors (Lipinski definition) is 1. The summed E-state index contributed by atoms with van der Waals surface area (Å²) in [4.78, 5) is 0. The Labute approximate surface area is 81.3 Å². The van der Waals surface area contributed by atoms with Crippen molar-refractivity contribution in [1.29, 1.82) is 0 Å². The molecule has 0 aromatic heterocycles. The predicted octanol–water partition coefficient (Wildman–Crippen LogP) is 2.34. The van der Waals surface area contributed by atoms with E-state index in [2.05, 4.69) is 20.8 Å². The molecule has 0 saturated carbocycles. The monoisotopic (exact) mass is 208 g/mol. The lowest BCUT2D eigenvalue weighted by atomic mass is 9.95. The van der Waals surface area contributed by atoms with E-state index in [4.69, 9.17) is 4.55 Å². The average molecular weight is 208 g/mol. The molecule has 0 spiro atoms. The van der Waals surface area contributed by atoms with Crippen molar-refractivity contribution in [1.82, 2.24) is 0 Å². The van der Waals surface area contributed by atoms with E-state index < -0.39 is 10.1 Å². The van der Waals surface area contributed by atoms with Crippen LogP contribution in [0.4, 0.5) is 0 Å². The van der Waals surface area contributed by atoms with Crippen molar-refractivity contribution in [2.45, 2.75) is 40.0 Å². The lowest BCUT2D eigenvalue weighted by molar-refractivity contribution is 0.408. The van der Waals surface area contributed by atoms with Crippen molar-refractivity contribution in [2.24, 2.45) is 11.8 Å². The average Bonchev–Trinajstić information content (AvgIpc) is 1.81. The largest absolute Gasteiger partial charge is 0.286 e. The van der Waals surface area contributed by atoms with Gasteiger partial charge in [-0.15, -0.1) is 0 Å². The van der Waals surface area contributed by atoms with Crippen molar-refractivity contribution in [3.63, 3.8) is 0 Å². The molecule has 0 saturated heterocycles. The zero-order chi connectivity index (χ0) is 10.5. The van der Waals surface area contributed by atoms with Crippen LogP contribution in [0.1, 0.15) is 40.0 Å². The Balaban J connectivity index is 3.54. The Kier molecular flexibility index (Phi) is 5.56. The van der Waals surface area contributed by atoms with Crippen LogP contribution < -0.4 is 0 Å². The van der Waals surface area contributed by atoms with Gasteiger partial charge in [-0.2, -0.15) is 8.42 Å². The van der Waals surface area contributed by atoms with Crippen molar-refractivity contribution in [3.05, 3.63) is 0 Å². The topological polar surface area (TPSA) is 54.4 Å². The first-order chi connectivity index (χ1) is 5.81. The second-order valence-electron chi connectivity index (χ2n) is 4.16. The second-order valence-corrected chi connectivity index (χ2v) is 5.74. The highest BCUT2D eigenvalue weighted by atomic mass is 32.2. The molecule has 1 N–H and O–H groups in total. The van der Waals surface area contributed by atoms with Gasteiger partial charge in [0.25, 0.3) is 10.1 Å². The Hall–Kier alpha value is -0.0900. The van der Waals surface area contributed by atoms with Gasteiger partial charge in [0.15, 0.2) is 0 Å². The van der Waals surface area contributed by atoms with Crippen LogP contribution >= 0.6 is 0 Å². The summed E-state index contributed by atoms with van der Waals surface area (Å²) < 4.78 is 29.3. The molecule has 4 heteroatoms. The summed E-state index contributed by atoms with van der Waals surface area (Å²) >= 11 is 0. The van der Waals surface area contributed by atoms with Crippen LogP contribution in [0.5, 0.6) is 0 Å². The normalized spacial score (nSPS) is 14.8. The van der Waals surface area contributed by atoms with Gasteiger partial charge in [-0.25, -0.2) is 0 Å². The molecular weight excluding hydrogens is 188 g/mol. The van der Waals surface area contributed by atoms with Gasteiger partial charge in [-0.3, -0.25) is 4.55 Å². The van der Waals surface area contributed by atoms with E-state index in [0.717, 1.165) is 12.8 Å². The van der Waals surface area contributed by atoms with Crippen LogP contribution in [0.2, 0.25) is 0 Å². The fraction of sp³-hybridized carbons (Fsp3) is 1.00. The van der Waals surface area contributed by atoms with E-state index in [1.807, 2.05) is 0 Å². The molecule has 1 unspecified atom stereocenters. The quantitative estimate of drug-likeness (QED) is 0.682. The summed E-state index contributed by atoms with van der Waals surface area (Å²) in [5.74, 6) is 1.09. The summed E-state index contributed by atoms with van der Waals surface area (Å²) in [6.07, 6.45) is 2.55. The van der Waals surface area contributed by atoms with Gasteiger partial charge >= 0.3 is 0 Å². The SMILES string of the molecule is CC(C)CC(C)CCCS(=O)(=O)O. The van der Waals surface area contributed by atoms with E-state index >= 15 is 0 Å². The fourth-order valence-corrected chi connectivity index (χ4v) is 2.07. The maximum absolute atomic E-state index is 10.4. The minimum absolute atomic E-state index is 0.102. The molecule has 0 fully saturated rings. The van der Waals surface area contributed by atoms with E-state index in [0.29, 0.717) is 18.3 Å². The molecule has 0 bridgehead atoms. The summed E-state index contributed by atoms with van der Waals surface area (Å²) in [7, 11) is -3.75. The molecule has 0 aliphatic carbocycles. The first-order valence-electron chi connectivity index (χ1n) is 4.76. The van der Waals surface area contributed by atoms with E-state index in [-0.39, 0.29) is 5.75 Å². The van der Waals surface area contributed by atoms with Gasteiger partial charge < -0.3 is 0 Å². The summed E-state index contributed by atoms with van der Waals surface area (Å²) in [6.45, 7) is 6.42. The van der Waals surface area contributed by atoms with Gasteiger partial charge in [-0.05, 0) is 31.1 Å². The Morgan fingerprint density at radius 2 is 1.77 bits per heavy atom. The molecule has 0 aromatic rings. The number of hydrogen-bond acceptors (Lipinski definition) is 2. The van der Waals surface area contributed by atoms with E-state index in [9.17, 15) is 8.42 Å². The van der Waals surface area contributed by atoms with Crippen LogP contribution in [0.3, 0.4) is 0 Å². The molecule has 0 radical (unpaired) electrons. The second kappa shape index (κ2) is 5.60. The van der Waals surface area contributed by atoms with E-state index in [1.54, 1.807) is 0 Å². The molecule has 3 nitrogen and oxygen atoms in total. The standard InChI is InChI=1S/C9H20O3S/c1-8(2)7-9(3)5-4-6-13(10,11)12/h8-9H,4-7H2,1-3H3,(H,10,11,12). The summed E-state index contributed by atoms with van der Waals surface area (Å²) in [5, 5.41) is 0. The lowest BCUT2D eigenvalue weighted by Gasteiger charge is -2.12. The maximum atomic E-state index is 10.4. The maximum Gasteiger partial charge on any atom is 0.264 e. The van der Waals surface area contributed by atoms with Gasteiger partial charge in [0.05, 0.1) is 5.75 Å². The van der Waals surface area contributed by atoms with E-state index in [1.165, 1.54) is 0 Å². The molecule has 0 aliphatic heterocycles. The Bertz CT molecular complexity index is 219.